The highest BCUT2D eigenvalue weighted by Crippen LogP contribution is 2.05. The number of hydrogen-bond acceptors (Lipinski definition) is 4. The van der Waals surface area contributed by atoms with Crippen LogP contribution in [0.25, 0.3) is 5.69 Å². The van der Waals surface area contributed by atoms with E-state index < -0.39 is 5.97 Å². The first kappa shape index (κ1) is 10.4. The van der Waals surface area contributed by atoms with Crippen LogP contribution >= 0.6 is 0 Å². The van der Waals surface area contributed by atoms with Crippen molar-refractivity contribution in [2.45, 2.75) is 6.92 Å². The van der Waals surface area contributed by atoms with Crippen LogP contribution in [0.5, 0.6) is 0 Å². The summed E-state index contributed by atoms with van der Waals surface area (Å²) in [5.41, 5.74) is 0.852. The predicted molar refractivity (Wildman–Crippen MR) is 57.3 cm³/mol. The van der Waals surface area contributed by atoms with Crippen molar-refractivity contribution >= 4 is 5.97 Å². The summed E-state index contributed by atoms with van der Waals surface area (Å²) in [5, 5.41) is 4.03. The van der Waals surface area contributed by atoms with Gasteiger partial charge in [0.05, 0.1) is 12.3 Å². The number of nitrogens with zero attached hydrogens (tertiary/aromatic N) is 3. The maximum absolute atomic E-state index is 11.3. The minimum atomic E-state index is -0.503. The van der Waals surface area contributed by atoms with Gasteiger partial charge in [-0.1, -0.05) is 18.2 Å². The summed E-state index contributed by atoms with van der Waals surface area (Å²) < 4.78 is 6.33. The Kier molecular flexibility index (Phi) is 2.95. The first-order chi connectivity index (χ1) is 7.81. The summed E-state index contributed by atoms with van der Waals surface area (Å²) in [4.78, 5) is 15.2. The van der Waals surface area contributed by atoms with Crippen molar-refractivity contribution in [3.8, 4) is 5.69 Å². The van der Waals surface area contributed by atoms with Crippen LogP contribution in [0.4, 0.5) is 0 Å². The third kappa shape index (κ3) is 2.08. The van der Waals surface area contributed by atoms with Gasteiger partial charge in [-0.2, -0.15) is 0 Å². The van der Waals surface area contributed by atoms with Crippen LogP contribution in [-0.4, -0.2) is 27.3 Å². The third-order valence-electron chi connectivity index (χ3n) is 1.97. The van der Waals surface area contributed by atoms with E-state index in [-0.39, 0.29) is 5.82 Å². The first-order valence-corrected chi connectivity index (χ1v) is 4.95. The van der Waals surface area contributed by atoms with Crippen LogP contribution in [0.2, 0.25) is 0 Å². The molecule has 5 heteroatoms. The van der Waals surface area contributed by atoms with Crippen molar-refractivity contribution in [3.05, 3.63) is 42.5 Å². The molecule has 0 fully saturated rings. The summed E-state index contributed by atoms with van der Waals surface area (Å²) in [6.45, 7) is 2.06. The maximum atomic E-state index is 11.3. The van der Waals surface area contributed by atoms with Gasteiger partial charge in [-0.15, -0.1) is 5.10 Å². The van der Waals surface area contributed by atoms with Crippen molar-refractivity contribution in [1.29, 1.82) is 0 Å². The number of esters is 1. The van der Waals surface area contributed by atoms with E-state index >= 15 is 0 Å². The fourth-order valence-electron chi connectivity index (χ4n) is 1.26. The van der Waals surface area contributed by atoms with Gasteiger partial charge in [0.25, 0.3) is 5.82 Å². The second kappa shape index (κ2) is 4.57. The predicted octanol–water partition coefficient (Wildman–Crippen LogP) is 1.44. The lowest BCUT2D eigenvalue weighted by molar-refractivity contribution is 0.0512. The van der Waals surface area contributed by atoms with Crippen LogP contribution in [0.15, 0.2) is 36.7 Å². The molecule has 82 valence electrons. The zero-order chi connectivity index (χ0) is 11.4. The molecule has 1 aromatic heterocycles. The molecule has 2 aromatic rings. The molecule has 0 radical (unpaired) electrons. The molecule has 5 nitrogen and oxygen atoms in total. The second-order valence-electron chi connectivity index (χ2n) is 3.07. The quantitative estimate of drug-likeness (QED) is 0.730. The molecule has 1 heterocycles. The van der Waals surface area contributed by atoms with Crippen LogP contribution < -0.4 is 0 Å². The lowest BCUT2D eigenvalue weighted by Gasteiger charge is -1.98. The van der Waals surface area contributed by atoms with E-state index in [1.54, 1.807) is 6.92 Å². The smallest absolute Gasteiger partial charge is 0.378 e. The highest BCUT2D eigenvalue weighted by molar-refractivity contribution is 5.84. The Morgan fingerprint density at radius 1 is 1.38 bits per heavy atom. The number of benzene rings is 1. The van der Waals surface area contributed by atoms with Crippen molar-refractivity contribution in [1.82, 2.24) is 14.8 Å². The SMILES string of the molecule is CCOC(=O)c1ncn(-c2ccccc2)n1. The highest BCUT2D eigenvalue weighted by atomic mass is 16.5. The number of carbonyl (C=O) groups is 1. The molecular formula is C11H11N3O2. The monoisotopic (exact) mass is 217 g/mol. The average molecular weight is 217 g/mol. The number of rotatable bonds is 3. The summed E-state index contributed by atoms with van der Waals surface area (Å²) in [7, 11) is 0. The summed E-state index contributed by atoms with van der Waals surface area (Å²) in [6, 6.07) is 9.45. The molecule has 2 rings (SSSR count). The Morgan fingerprint density at radius 2 is 2.12 bits per heavy atom. The van der Waals surface area contributed by atoms with E-state index in [2.05, 4.69) is 10.1 Å². The van der Waals surface area contributed by atoms with Gasteiger partial charge >= 0.3 is 5.97 Å². The van der Waals surface area contributed by atoms with Crippen molar-refractivity contribution < 1.29 is 9.53 Å². The van der Waals surface area contributed by atoms with Crippen LogP contribution in [0, 0.1) is 0 Å². The zero-order valence-electron chi connectivity index (χ0n) is 8.83. The summed E-state index contributed by atoms with van der Waals surface area (Å²) in [6.07, 6.45) is 1.49. The zero-order valence-corrected chi connectivity index (χ0v) is 8.83. The number of carbonyl (C=O) groups excluding carboxylic acids is 1. The molecule has 0 atom stereocenters. The minimum absolute atomic E-state index is 0.0747. The molecule has 0 unspecified atom stereocenters. The maximum Gasteiger partial charge on any atom is 0.378 e. The lowest BCUT2D eigenvalue weighted by atomic mass is 10.3. The summed E-state index contributed by atoms with van der Waals surface area (Å²) >= 11 is 0. The van der Waals surface area contributed by atoms with Crippen LogP contribution in [-0.2, 0) is 4.74 Å². The number of hydrogen-bond donors (Lipinski definition) is 0. The van der Waals surface area contributed by atoms with Gasteiger partial charge in [-0.25, -0.2) is 14.5 Å². The molecule has 0 bridgehead atoms. The molecule has 0 spiro atoms. The summed E-state index contributed by atoms with van der Waals surface area (Å²) in [5.74, 6) is -0.428. The van der Waals surface area contributed by atoms with Gasteiger partial charge in [0.15, 0.2) is 0 Å². The van der Waals surface area contributed by atoms with Gasteiger partial charge in [0.2, 0.25) is 0 Å². The topological polar surface area (TPSA) is 57.0 Å². The Balaban J connectivity index is 2.23. The Morgan fingerprint density at radius 3 is 2.81 bits per heavy atom. The normalized spacial score (nSPS) is 10.1. The van der Waals surface area contributed by atoms with Gasteiger partial charge in [0.1, 0.15) is 6.33 Å². The molecule has 0 aliphatic carbocycles. The second-order valence-corrected chi connectivity index (χ2v) is 3.07. The molecule has 0 aliphatic heterocycles. The number of aromatic nitrogens is 3. The van der Waals surface area contributed by atoms with Gasteiger partial charge in [0, 0.05) is 0 Å². The molecule has 1 aromatic carbocycles. The Labute approximate surface area is 92.7 Å². The lowest BCUT2D eigenvalue weighted by Crippen LogP contribution is -2.07. The minimum Gasteiger partial charge on any atom is -0.460 e. The standard InChI is InChI=1S/C11H11N3O2/c1-2-16-11(15)10-12-8-14(13-10)9-6-4-3-5-7-9/h3-8H,2H2,1H3. The third-order valence-corrected chi connectivity index (χ3v) is 1.97. The molecule has 0 N–H and O–H groups in total. The highest BCUT2D eigenvalue weighted by Gasteiger charge is 2.12. The molecule has 0 saturated heterocycles. The van der Waals surface area contributed by atoms with E-state index in [4.69, 9.17) is 4.74 Å². The fraction of sp³-hybridized carbons (Fsp3) is 0.182. The average Bonchev–Trinajstić information content (AvgIpc) is 2.80. The van der Waals surface area contributed by atoms with Crippen molar-refractivity contribution in [3.63, 3.8) is 0 Å². The van der Waals surface area contributed by atoms with Gasteiger partial charge in [-0.3, -0.25) is 0 Å². The van der Waals surface area contributed by atoms with Crippen molar-refractivity contribution in [2.75, 3.05) is 6.61 Å². The van der Waals surface area contributed by atoms with Crippen LogP contribution in [0.3, 0.4) is 0 Å². The molecule has 0 saturated carbocycles. The van der Waals surface area contributed by atoms with Gasteiger partial charge in [-0.05, 0) is 19.1 Å². The molecule has 16 heavy (non-hydrogen) atoms. The number of para-hydroxylation sites is 1. The molecular weight excluding hydrogens is 206 g/mol. The molecule has 0 amide bonds. The molecule has 0 aliphatic rings. The fourth-order valence-corrected chi connectivity index (χ4v) is 1.26. The van der Waals surface area contributed by atoms with E-state index in [1.165, 1.54) is 11.0 Å². The van der Waals surface area contributed by atoms with E-state index in [9.17, 15) is 4.79 Å². The van der Waals surface area contributed by atoms with Crippen LogP contribution in [0.1, 0.15) is 17.5 Å². The van der Waals surface area contributed by atoms with E-state index in [0.717, 1.165) is 5.69 Å². The van der Waals surface area contributed by atoms with Gasteiger partial charge < -0.3 is 4.74 Å². The Bertz CT molecular complexity index is 479. The van der Waals surface area contributed by atoms with E-state index in [0.29, 0.717) is 6.61 Å². The Hall–Kier alpha value is -2.17. The van der Waals surface area contributed by atoms with E-state index in [1.807, 2.05) is 30.3 Å². The van der Waals surface area contributed by atoms with Crippen molar-refractivity contribution in [2.24, 2.45) is 0 Å². The largest absolute Gasteiger partial charge is 0.460 e. The first-order valence-electron chi connectivity index (χ1n) is 4.95. The number of ether oxygens (including phenoxy) is 1.